The summed E-state index contributed by atoms with van der Waals surface area (Å²) in [4.78, 5) is 0. The molecule has 0 N–H and O–H groups in total. The van der Waals surface area contributed by atoms with Crippen LogP contribution >= 0.6 is 0 Å². The van der Waals surface area contributed by atoms with Crippen LogP contribution in [0.3, 0.4) is 0 Å². The maximum absolute atomic E-state index is 9.49. The second kappa shape index (κ2) is 3.73. The van der Waals surface area contributed by atoms with E-state index >= 15 is 0 Å². The van der Waals surface area contributed by atoms with E-state index in [-0.39, 0.29) is 5.54 Å². The summed E-state index contributed by atoms with van der Waals surface area (Å²) in [6.45, 7) is 4.20. The summed E-state index contributed by atoms with van der Waals surface area (Å²) in [5.41, 5.74) is 2.18. The molecule has 0 bridgehead atoms. The Balaban J connectivity index is 2.46. The molecular weight excluding hydrogens is 184 g/mol. The fourth-order valence-electron chi connectivity index (χ4n) is 2.87. The highest BCUT2D eigenvalue weighted by Crippen LogP contribution is 2.36. The van der Waals surface area contributed by atoms with E-state index in [1.807, 2.05) is 0 Å². The van der Waals surface area contributed by atoms with Gasteiger partial charge in [0.05, 0.1) is 6.07 Å². The van der Waals surface area contributed by atoms with Crippen LogP contribution < -0.4 is 0 Å². The van der Waals surface area contributed by atoms with Gasteiger partial charge in [-0.2, -0.15) is 5.26 Å². The minimum Gasteiger partial charge on any atom is -0.330 e. The zero-order valence-electron chi connectivity index (χ0n) is 9.58. The van der Waals surface area contributed by atoms with Crippen molar-refractivity contribution in [1.82, 2.24) is 4.57 Å². The van der Waals surface area contributed by atoms with Crippen molar-refractivity contribution < 1.29 is 0 Å². The van der Waals surface area contributed by atoms with Crippen LogP contribution in [0, 0.1) is 25.2 Å². The van der Waals surface area contributed by atoms with Gasteiger partial charge >= 0.3 is 0 Å². The topological polar surface area (TPSA) is 28.7 Å². The lowest BCUT2D eigenvalue weighted by molar-refractivity contribution is 0.260. The minimum atomic E-state index is -0.254. The molecular formula is C13H18N2. The summed E-state index contributed by atoms with van der Waals surface area (Å²) in [5, 5.41) is 9.49. The highest BCUT2D eigenvalue weighted by molar-refractivity contribution is 5.22. The molecule has 80 valence electrons. The molecule has 0 aliphatic heterocycles. The first-order valence-corrected chi connectivity index (χ1v) is 5.76. The molecule has 0 atom stereocenters. The summed E-state index contributed by atoms with van der Waals surface area (Å²) in [5.74, 6) is 0. The molecule has 2 rings (SSSR count). The van der Waals surface area contributed by atoms with E-state index in [1.54, 1.807) is 0 Å². The molecule has 0 unspecified atom stereocenters. The second-order valence-electron chi connectivity index (χ2n) is 4.66. The first-order valence-electron chi connectivity index (χ1n) is 5.76. The van der Waals surface area contributed by atoms with Crippen LogP contribution in [0.4, 0.5) is 0 Å². The number of hydrogen-bond acceptors (Lipinski definition) is 1. The fraction of sp³-hybridized carbons (Fsp3) is 0.615. The van der Waals surface area contributed by atoms with Gasteiger partial charge in [0.15, 0.2) is 0 Å². The Labute approximate surface area is 91.5 Å². The first kappa shape index (κ1) is 10.3. The Morgan fingerprint density at radius 3 is 2.13 bits per heavy atom. The van der Waals surface area contributed by atoms with Gasteiger partial charge in [0.25, 0.3) is 0 Å². The lowest BCUT2D eigenvalue weighted by Gasteiger charge is -2.34. The van der Waals surface area contributed by atoms with Gasteiger partial charge in [-0.3, -0.25) is 0 Å². The normalized spacial score (nSPS) is 19.8. The highest BCUT2D eigenvalue weighted by Gasteiger charge is 2.35. The van der Waals surface area contributed by atoms with Crippen molar-refractivity contribution in [1.29, 1.82) is 5.26 Å². The Bertz CT molecular complexity index is 370. The summed E-state index contributed by atoms with van der Waals surface area (Å²) < 4.78 is 2.24. The van der Waals surface area contributed by atoms with Gasteiger partial charge in [0.2, 0.25) is 0 Å². The fourth-order valence-corrected chi connectivity index (χ4v) is 2.87. The predicted molar refractivity (Wildman–Crippen MR) is 60.6 cm³/mol. The molecule has 1 aliphatic carbocycles. The van der Waals surface area contributed by atoms with Crippen LogP contribution in [0.1, 0.15) is 43.5 Å². The first-order chi connectivity index (χ1) is 7.19. The van der Waals surface area contributed by atoms with Gasteiger partial charge in [-0.25, -0.2) is 0 Å². The molecule has 1 aliphatic rings. The van der Waals surface area contributed by atoms with E-state index < -0.39 is 0 Å². The number of rotatable bonds is 1. The lowest BCUT2D eigenvalue weighted by Crippen LogP contribution is -2.35. The van der Waals surface area contributed by atoms with Crippen LogP contribution in [0.5, 0.6) is 0 Å². The van der Waals surface area contributed by atoms with Crippen LogP contribution in [-0.4, -0.2) is 4.57 Å². The molecule has 0 aromatic carbocycles. The predicted octanol–water partition coefficient (Wildman–Crippen LogP) is 3.29. The molecule has 1 aromatic heterocycles. The van der Waals surface area contributed by atoms with Crippen molar-refractivity contribution in [3.8, 4) is 6.07 Å². The Morgan fingerprint density at radius 2 is 1.67 bits per heavy atom. The summed E-state index contributed by atoms with van der Waals surface area (Å²) >= 11 is 0. The maximum Gasteiger partial charge on any atom is 0.131 e. The molecule has 1 aromatic rings. The lowest BCUT2D eigenvalue weighted by atomic mass is 9.82. The monoisotopic (exact) mass is 202 g/mol. The molecule has 0 spiro atoms. The average molecular weight is 202 g/mol. The molecule has 15 heavy (non-hydrogen) atoms. The zero-order chi connectivity index (χ0) is 10.9. The molecule has 0 radical (unpaired) electrons. The van der Waals surface area contributed by atoms with Crippen LogP contribution in [0.25, 0.3) is 0 Å². The van der Waals surface area contributed by atoms with E-state index in [0.717, 1.165) is 12.8 Å². The van der Waals surface area contributed by atoms with E-state index in [2.05, 4.69) is 36.6 Å². The Kier molecular flexibility index (Phi) is 2.56. The number of nitriles is 1. The van der Waals surface area contributed by atoms with E-state index in [4.69, 9.17) is 0 Å². The standard InChI is InChI=1S/C13H18N2/c1-11-6-7-12(2)15(11)13(10-14)8-4-3-5-9-13/h6-7H,3-5,8-9H2,1-2H3. The number of aryl methyl sites for hydroxylation is 2. The van der Waals surface area contributed by atoms with Gasteiger partial charge in [0.1, 0.15) is 5.54 Å². The second-order valence-corrected chi connectivity index (χ2v) is 4.66. The molecule has 2 heteroatoms. The molecule has 1 heterocycles. The third-order valence-corrected chi connectivity index (χ3v) is 3.59. The highest BCUT2D eigenvalue weighted by atomic mass is 15.1. The van der Waals surface area contributed by atoms with Crippen LogP contribution in [-0.2, 0) is 5.54 Å². The Hall–Kier alpha value is -1.23. The molecule has 2 nitrogen and oxygen atoms in total. The molecule has 1 fully saturated rings. The third-order valence-electron chi connectivity index (χ3n) is 3.59. The molecule has 0 saturated heterocycles. The smallest absolute Gasteiger partial charge is 0.131 e. The number of hydrogen-bond donors (Lipinski definition) is 0. The van der Waals surface area contributed by atoms with E-state index in [1.165, 1.54) is 30.7 Å². The van der Waals surface area contributed by atoms with Gasteiger partial charge in [-0.15, -0.1) is 0 Å². The quantitative estimate of drug-likeness (QED) is 0.687. The van der Waals surface area contributed by atoms with Crippen LogP contribution in [0.2, 0.25) is 0 Å². The number of aromatic nitrogens is 1. The van der Waals surface area contributed by atoms with Crippen molar-refractivity contribution in [3.63, 3.8) is 0 Å². The zero-order valence-corrected chi connectivity index (χ0v) is 9.58. The Morgan fingerprint density at radius 1 is 1.13 bits per heavy atom. The van der Waals surface area contributed by atoms with Crippen LogP contribution in [0.15, 0.2) is 12.1 Å². The van der Waals surface area contributed by atoms with Gasteiger partial charge < -0.3 is 4.57 Å². The van der Waals surface area contributed by atoms with Gasteiger partial charge in [0, 0.05) is 11.4 Å². The largest absolute Gasteiger partial charge is 0.330 e. The SMILES string of the molecule is Cc1ccc(C)n1C1(C#N)CCCCC1. The van der Waals surface area contributed by atoms with Gasteiger partial charge in [-0.1, -0.05) is 19.3 Å². The number of nitrogens with zero attached hydrogens (tertiary/aromatic N) is 2. The maximum atomic E-state index is 9.49. The van der Waals surface area contributed by atoms with E-state index in [0.29, 0.717) is 0 Å². The summed E-state index contributed by atoms with van der Waals surface area (Å²) in [6.07, 6.45) is 5.68. The van der Waals surface area contributed by atoms with Crippen molar-refractivity contribution in [2.75, 3.05) is 0 Å². The molecule has 0 amide bonds. The van der Waals surface area contributed by atoms with E-state index in [9.17, 15) is 5.26 Å². The van der Waals surface area contributed by atoms with Crippen molar-refractivity contribution in [2.45, 2.75) is 51.5 Å². The summed E-state index contributed by atoms with van der Waals surface area (Å²) in [6, 6.07) is 6.79. The van der Waals surface area contributed by atoms with Gasteiger partial charge in [-0.05, 0) is 38.8 Å². The van der Waals surface area contributed by atoms with Crippen molar-refractivity contribution in [2.24, 2.45) is 0 Å². The van der Waals surface area contributed by atoms with Crippen molar-refractivity contribution >= 4 is 0 Å². The minimum absolute atomic E-state index is 0.254. The average Bonchev–Trinajstić information content (AvgIpc) is 2.60. The third kappa shape index (κ3) is 1.56. The van der Waals surface area contributed by atoms with Crippen molar-refractivity contribution in [3.05, 3.63) is 23.5 Å². The molecule has 1 saturated carbocycles. The summed E-state index contributed by atoms with van der Waals surface area (Å²) in [7, 11) is 0.